The van der Waals surface area contributed by atoms with Crippen LogP contribution in [0.3, 0.4) is 0 Å². The second kappa shape index (κ2) is 2.64. The maximum atomic E-state index is 5.47. The Morgan fingerprint density at radius 2 is 2.44 bits per heavy atom. The highest BCUT2D eigenvalue weighted by molar-refractivity contribution is 6.29. The first kappa shape index (κ1) is 6.29. The Hall–Kier alpha value is -0.830. The monoisotopic (exact) mass is 144 g/mol. The van der Waals surface area contributed by atoms with Crippen LogP contribution in [0.25, 0.3) is 0 Å². The van der Waals surface area contributed by atoms with Crippen molar-refractivity contribution in [1.29, 1.82) is 0 Å². The summed E-state index contributed by atoms with van der Waals surface area (Å²) in [4.78, 5) is 0. The van der Waals surface area contributed by atoms with Gasteiger partial charge in [-0.3, -0.25) is 0 Å². The minimum absolute atomic E-state index is 0.342. The predicted octanol–water partition coefficient (Wildman–Crippen LogP) is 1.14. The van der Waals surface area contributed by atoms with Crippen LogP contribution in [0.1, 0.15) is 0 Å². The molecule has 48 valence electrons. The van der Waals surface area contributed by atoms with E-state index >= 15 is 0 Å². The SMILES string of the molecule is COc1cnnc(Cl)c1. The van der Waals surface area contributed by atoms with E-state index < -0.39 is 0 Å². The molecule has 0 N–H and O–H groups in total. The van der Waals surface area contributed by atoms with Crippen LogP contribution in [0.4, 0.5) is 0 Å². The quantitative estimate of drug-likeness (QED) is 0.593. The molecule has 0 fully saturated rings. The molecular weight excluding hydrogens is 140 g/mol. The molecule has 1 heterocycles. The molecule has 0 radical (unpaired) electrons. The topological polar surface area (TPSA) is 35.0 Å². The summed E-state index contributed by atoms with van der Waals surface area (Å²) < 4.78 is 4.81. The fourth-order valence-electron chi connectivity index (χ4n) is 0.436. The average Bonchev–Trinajstić information content (AvgIpc) is 1.88. The number of hydrogen-bond acceptors (Lipinski definition) is 3. The van der Waals surface area contributed by atoms with Gasteiger partial charge in [-0.05, 0) is 0 Å². The summed E-state index contributed by atoms with van der Waals surface area (Å²) in [5.74, 6) is 0.620. The Bertz CT molecular complexity index is 204. The van der Waals surface area contributed by atoms with Crippen molar-refractivity contribution < 1.29 is 4.74 Å². The molecule has 0 aliphatic heterocycles. The van der Waals surface area contributed by atoms with Gasteiger partial charge in [0.25, 0.3) is 0 Å². The molecule has 0 saturated heterocycles. The minimum atomic E-state index is 0.342. The fraction of sp³-hybridized carbons (Fsp3) is 0.200. The number of methoxy groups -OCH3 is 1. The summed E-state index contributed by atoms with van der Waals surface area (Å²) in [7, 11) is 1.55. The van der Waals surface area contributed by atoms with Crippen molar-refractivity contribution in [3.63, 3.8) is 0 Å². The van der Waals surface area contributed by atoms with Gasteiger partial charge in [0.15, 0.2) is 5.15 Å². The molecule has 4 heteroatoms. The lowest BCUT2D eigenvalue weighted by Crippen LogP contribution is -1.85. The van der Waals surface area contributed by atoms with Crippen molar-refractivity contribution >= 4 is 11.6 Å². The largest absolute Gasteiger partial charge is 0.495 e. The van der Waals surface area contributed by atoms with Gasteiger partial charge in [-0.15, -0.1) is 5.10 Å². The molecule has 0 atom stereocenters. The Balaban J connectivity index is 2.94. The maximum Gasteiger partial charge on any atom is 0.155 e. The molecular formula is C5H5ClN2O. The van der Waals surface area contributed by atoms with Crippen LogP contribution >= 0.6 is 11.6 Å². The van der Waals surface area contributed by atoms with Gasteiger partial charge in [0.1, 0.15) is 5.75 Å². The highest BCUT2D eigenvalue weighted by Gasteiger charge is 1.91. The van der Waals surface area contributed by atoms with Crippen molar-refractivity contribution in [3.8, 4) is 5.75 Å². The number of nitrogens with zero attached hydrogens (tertiary/aromatic N) is 2. The standard InChI is InChI=1S/C5H5ClN2O/c1-9-4-2-5(6)8-7-3-4/h2-3H,1H3. The van der Waals surface area contributed by atoms with E-state index in [1.54, 1.807) is 13.2 Å². The van der Waals surface area contributed by atoms with Gasteiger partial charge in [-0.1, -0.05) is 11.6 Å². The van der Waals surface area contributed by atoms with Crippen molar-refractivity contribution in [3.05, 3.63) is 17.4 Å². The molecule has 3 nitrogen and oxygen atoms in total. The van der Waals surface area contributed by atoms with E-state index in [9.17, 15) is 0 Å². The summed E-state index contributed by atoms with van der Waals surface area (Å²) in [6, 6.07) is 1.59. The highest BCUT2D eigenvalue weighted by atomic mass is 35.5. The molecule has 0 amide bonds. The van der Waals surface area contributed by atoms with E-state index in [4.69, 9.17) is 16.3 Å². The van der Waals surface area contributed by atoms with Crippen LogP contribution in [0.5, 0.6) is 5.75 Å². The van der Waals surface area contributed by atoms with E-state index in [2.05, 4.69) is 10.2 Å². The summed E-state index contributed by atoms with van der Waals surface area (Å²) in [6.07, 6.45) is 1.49. The van der Waals surface area contributed by atoms with Gasteiger partial charge in [0.05, 0.1) is 13.3 Å². The predicted molar refractivity (Wildman–Crippen MR) is 33.6 cm³/mol. The molecule has 1 aromatic heterocycles. The van der Waals surface area contributed by atoms with Gasteiger partial charge in [-0.2, -0.15) is 5.10 Å². The summed E-state index contributed by atoms with van der Waals surface area (Å²) in [5.41, 5.74) is 0. The van der Waals surface area contributed by atoms with Gasteiger partial charge in [-0.25, -0.2) is 0 Å². The maximum absolute atomic E-state index is 5.47. The molecule has 0 aliphatic rings. The number of halogens is 1. The third kappa shape index (κ3) is 1.54. The third-order valence-electron chi connectivity index (χ3n) is 0.835. The van der Waals surface area contributed by atoms with Crippen molar-refractivity contribution in [2.45, 2.75) is 0 Å². The molecule has 0 bridgehead atoms. The molecule has 0 saturated carbocycles. The van der Waals surface area contributed by atoms with Crippen LogP contribution in [0, 0.1) is 0 Å². The molecule has 9 heavy (non-hydrogen) atoms. The molecule has 1 aromatic rings. The van der Waals surface area contributed by atoms with Crippen LogP contribution in [-0.4, -0.2) is 17.3 Å². The molecule has 0 spiro atoms. The number of rotatable bonds is 1. The van der Waals surface area contributed by atoms with E-state index in [-0.39, 0.29) is 0 Å². The lowest BCUT2D eigenvalue weighted by molar-refractivity contribution is 0.411. The summed E-state index contributed by atoms with van der Waals surface area (Å²) in [5, 5.41) is 7.41. The highest BCUT2D eigenvalue weighted by Crippen LogP contribution is 2.10. The third-order valence-corrected chi connectivity index (χ3v) is 1.02. The van der Waals surface area contributed by atoms with Crippen molar-refractivity contribution in [2.75, 3.05) is 7.11 Å². The Kier molecular flexibility index (Phi) is 1.85. The number of hydrogen-bond donors (Lipinski definition) is 0. The second-order valence-corrected chi connectivity index (χ2v) is 1.81. The Labute approximate surface area is 57.6 Å². The molecule has 1 rings (SSSR count). The van der Waals surface area contributed by atoms with Gasteiger partial charge < -0.3 is 4.74 Å². The zero-order chi connectivity index (χ0) is 6.69. The molecule has 0 aromatic carbocycles. The lowest BCUT2D eigenvalue weighted by atomic mass is 10.5. The van der Waals surface area contributed by atoms with Crippen LogP contribution in [0.15, 0.2) is 12.3 Å². The molecule has 0 aliphatic carbocycles. The Morgan fingerprint density at radius 1 is 1.67 bits per heavy atom. The van der Waals surface area contributed by atoms with E-state index in [1.807, 2.05) is 0 Å². The second-order valence-electron chi connectivity index (χ2n) is 1.42. The van der Waals surface area contributed by atoms with E-state index in [1.165, 1.54) is 6.20 Å². The zero-order valence-electron chi connectivity index (χ0n) is 4.84. The first-order chi connectivity index (χ1) is 4.33. The number of ether oxygens (including phenoxy) is 1. The zero-order valence-corrected chi connectivity index (χ0v) is 5.59. The van der Waals surface area contributed by atoms with Crippen LogP contribution in [0.2, 0.25) is 5.15 Å². The minimum Gasteiger partial charge on any atom is -0.495 e. The smallest absolute Gasteiger partial charge is 0.155 e. The fourth-order valence-corrected chi connectivity index (χ4v) is 0.587. The Morgan fingerprint density at radius 3 is 2.89 bits per heavy atom. The average molecular weight is 145 g/mol. The van der Waals surface area contributed by atoms with E-state index in [0.717, 1.165) is 0 Å². The van der Waals surface area contributed by atoms with Gasteiger partial charge in [0, 0.05) is 6.07 Å². The van der Waals surface area contributed by atoms with E-state index in [0.29, 0.717) is 10.9 Å². The summed E-state index contributed by atoms with van der Waals surface area (Å²) in [6.45, 7) is 0. The van der Waals surface area contributed by atoms with Crippen molar-refractivity contribution in [1.82, 2.24) is 10.2 Å². The summed E-state index contributed by atoms with van der Waals surface area (Å²) >= 11 is 5.47. The molecule has 0 unspecified atom stereocenters. The van der Waals surface area contributed by atoms with Crippen LogP contribution in [-0.2, 0) is 0 Å². The van der Waals surface area contributed by atoms with Gasteiger partial charge >= 0.3 is 0 Å². The lowest BCUT2D eigenvalue weighted by Gasteiger charge is -1.94. The number of aromatic nitrogens is 2. The van der Waals surface area contributed by atoms with Crippen LogP contribution < -0.4 is 4.74 Å². The normalized spacial score (nSPS) is 9.11. The first-order valence-corrected chi connectivity index (χ1v) is 2.73. The first-order valence-electron chi connectivity index (χ1n) is 2.35. The van der Waals surface area contributed by atoms with Gasteiger partial charge in [0.2, 0.25) is 0 Å². The van der Waals surface area contributed by atoms with Crippen molar-refractivity contribution in [2.24, 2.45) is 0 Å².